The van der Waals surface area contributed by atoms with Gasteiger partial charge in [-0.2, -0.15) is 0 Å². The Morgan fingerprint density at radius 2 is 1.70 bits per heavy atom. The molecule has 2 aromatic rings. The number of carbonyl (C=O) groups excluding carboxylic acids is 1. The summed E-state index contributed by atoms with van der Waals surface area (Å²) < 4.78 is 10.7. The molecular weight excluding hydrogens is 344 g/mol. The fourth-order valence-electron chi connectivity index (χ4n) is 3.29. The van der Waals surface area contributed by atoms with E-state index < -0.39 is 17.7 Å². The van der Waals surface area contributed by atoms with E-state index in [-0.39, 0.29) is 0 Å². The molecule has 1 aliphatic heterocycles. The number of nitrogens with zero attached hydrogens (tertiary/aromatic N) is 2. The number of hydrogen-bond acceptors (Lipinski definition) is 6. The number of benzene rings is 2. The van der Waals surface area contributed by atoms with Crippen molar-refractivity contribution in [3.63, 3.8) is 0 Å². The molecule has 0 saturated carbocycles. The van der Waals surface area contributed by atoms with E-state index >= 15 is 0 Å². The average molecular weight is 368 g/mol. The van der Waals surface area contributed by atoms with Crippen molar-refractivity contribution in [3.8, 4) is 11.5 Å². The summed E-state index contributed by atoms with van der Waals surface area (Å²) in [5, 5.41) is 1.64. The largest absolute Gasteiger partial charge is 0.493 e. The van der Waals surface area contributed by atoms with Crippen LogP contribution < -0.4 is 9.47 Å². The number of carbonyl (C=O) groups is 1. The number of hydroxylamine groups is 2. The highest BCUT2D eigenvalue weighted by molar-refractivity contribution is 6.08. The van der Waals surface area contributed by atoms with Crippen molar-refractivity contribution in [2.45, 2.75) is 32.5 Å². The summed E-state index contributed by atoms with van der Waals surface area (Å²) in [6.45, 7) is 5.37. The van der Waals surface area contributed by atoms with Gasteiger partial charge in [0.25, 0.3) is 0 Å². The first-order valence-electron chi connectivity index (χ1n) is 8.72. The topological polar surface area (TPSA) is 60.4 Å². The van der Waals surface area contributed by atoms with Crippen molar-refractivity contribution in [2.75, 3.05) is 14.2 Å². The van der Waals surface area contributed by atoms with E-state index in [4.69, 9.17) is 19.3 Å². The van der Waals surface area contributed by atoms with Crippen molar-refractivity contribution in [3.05, 3.63) is 59.7 Å². The van der Waals surface area contributed by atoms with E-state index in [1.807, 2.05) is 62.4 Å². The zero-order valence-corrected chi connectivity index (χ0v) is 16.2. The highest BCUT2D eigenvalue weighted by Crippen LogP contribution is 2.41. The first-order valence-corrected chi connectivity index (χ1v) is 8.72. The molecule has 142 valence electrons. The second-order valence-corrected chi connectivity index (χ2v) is 6.80. The van der Waals surface area contributed by atoms with Gasteiger partial charge in [-0.25, -0.2) is 0 Å². The van der Waals surface area contributed by atoms with Crippen LogP contribution in [0.2, 0.25) is 0 Å². The Kier molecular flexibility index (Phi) is 5.19. The molecule has 1 unspecified atom stereocenters. The van der Waals surface area contributed by atoms with E-state index in [0.717, 1.165) is 16.8 Å². The molecule has 0 amide bonds. The zero-order chi connectivity index (χ0) is 19.6. The van der Waals surface area contributed by atoms with E-state index in [1.54, 1.807) is 19.3 Å². The molecule has 0 aliphatic carbocycles. The number of hydrogen-bond donors (Lipinski definition) is 0. The van der Waals surface area contributed by atoms with Crippen LogP contribution in [0.5, 0.6) is 11.5 Å². The maximum absolute atomic E-state index is 11.8. The minimum Gasteiger partial charge on any atom is -0.493 e. The van der Waals surface area contributed by atoms with Crippen LogP contribution in [0.3, 0.4) is 0 Å². The van der Waals surface area contributed by atoms with Gasteiger partial charge in [0, 0.05) is 6.92 Å². The third-order valence-electron chi connectivity index (χ3n) is 4.58. The van der Waals surface area contributed by atoms with Gasteiger partial charge in [-0.3, -0.25) is 9.79 Å². The summed E-state index contributed by atoms with van der Waals surface area (Å²) in [5.74, 6) is 0.835. The normalized spacial score (nSPS) is 18.7. The van der Waals surface area contributed by atoms with Gasteiger partial charge in [0.15, 0.2) is 17.7 Å². The average Bonchev–Trinajstić information content (AvgIpc) is 2.92. The molecule has 0 radical (unpaired) electrons. The Bertz CT molecular complexity index is 862. The highest BCUT2D eigenvalue weighted by atomic mass is 16.7. The molecule has 0 fully saturated rings. The third kappa shape index (κ3) is 3.53. The van der Waals surface area contributed by atoms with Crippen LogP contribution in [0, 0.1) is 0 Å². The molecule has 2 aromatic carbocycles. The third-order valence-corrected chi connectivity index (χ3v) is 4.58. The van der Waals surface area contributed by atoms with E-state index in [0.29, 0.717) is 11.5 Å². The van der Waals surface area contributed by atoms with Gasteiger partial charge in [0.05, 0.1) is 25.5 Å². The van der Waals surface area contributed by atoms with Crippen molar-refractivity contribution in [2.24, 2.45) is 4.99 Å². The minimum atomic E-state index is -0.606. The first kappa shape index (κ1) is 18.9. The molecule has 3 rings (SSSR count). The predicted octanol–water partition coefficient (Wildman–Crippen LogP) is 3.76. The molecule has 6 heteroatoms. The van der Waals surface area contributed by atoms with Crippen molar-refractivity contribution in [1.29, 1.82) is 0 Å². The highest BCUT2D eigenvalue weighted by Gasteiger charge is 2.46. The second kappa shape index (κ2) is 7.40. The fourth-order valence-corrected chi connectivity index (χ4v) is 3.29. The summed E-state index contributed by atoms with van der Waals surface area (Å²) in [5.41, 5.74) is 2.07. The molecule has 1 heterocycles. The molecule has 6 nitrogen and oxygen atoms in total. The van der Waals surface area contributed by atoms with Gasteiger partial charge in [-0.05, 0) is 37.1 Å². The van der Waals surface area contributed by atoms with Crippen LogP contribution in [-0.4, -0.2) is 36.5 Å². The molecule has 1 aliphatic rings. The molecule has 27 heavy (non-hydrogen) atoms. The summed E-state index contributed by atoms with van der Waals surface area (Å²) in [7, 11) is 3.18. The molecule has 1 atom stereocenters. The van der Waals surface area contributed by atoms with Crippen LogP contribution in [-0.2, 0) is 9.63 Å². The maximum atomic E-state index is 11.8. The zero-order valence-electron chi connectivity index (χ0n) is 16.2. The van der Waals surface area contributed by atoms with Crippen molar-refractivity contribution < 1.29 is 19.1 Å². The van der Waals surface area contributed by atoms with Crippen LogP contribution in [0.1, 0.15) is 38.1 Å². The summed E-state index contributed by atoms with van der Waals surface area (Å²) in [6.07, 6.45) is -0.487. The fraction of sp³-hybridized carbons (Fsp3) is 0.333. The summed E-state index contributed by atoms with van der Waals surface area (Å²) in [6, 6.07) is 15.5. The molecule has 0 aromatic heterocycles. The molecule has 0 saturated heterocycles. The monoisotopic (exact) mass is 368 g/mol. The maximum Gasteiger partial charge on any atom is 0.322 e. The minimum absolute atomic E-state index is 0.391. The van der Waals surface area contributed by atoms with Crippen LogP contribution in [0.4, 0.5) is 0 Å². The van der Waals surface area contributed by atoms with E-state index in [1.165, 1.54) is 6.92 Å². The van der Waals surface area contributed by atoms with Gasteiger partial charge in [0.2, 0.25) is 0 Å². The van der Waals surface area contributed by atoms with Crippen LogP contribution in [0.25, 0.3) is 0 Å². The number of methoxy groups -OCH3 is 2. The Morgan fingerprint density at radius 3 is 2.30 bits per heavy atom. The Labute approximate surface area is 159 Å². The lowest BCUT2D eigenvalue weighted by atomic mass is 9.93. The lowest BCUT2D eigenvalue weighted by Crippen LogP contribution is -2.47. The lowest BCUT2D eigenvalue weighted by molar-refractivity contribution is -0.214. The SMILES string of the molecule is COc1ccc(C2N=C(c3ccccc3)C(C)(C)N2OC(C)=O)cc1OC. The smallest absolute Gasteiger partial charge is 0.322 e. The van der Waals surface area contributed by atoms with Gasteiger partial charge in [0.1, 0.15) is 0 Å². The van der Waals surface area contributed by atoms with E-state index in [9.17, 15) is 4.79 Å². The lowest BCUT2D eigenvalue weighted by Gasteiger charge is -2.33. The molecule has 0 spiro atoms. The van der Waals surface area contributed by atoms with Gasteiger partial charge >= 0.3 is 5.97 Å². The van der Waals surface area contributed by atoms with Crippen LogP contribution >= 0.6 is 0 Å². The summed E-state index contributed by atoms with van der Waals surface area (Å²) >= 11 is 0. The standard InChI is InChI=1S/C21H24N2O4/c1-14(24)27-23-20(16-11-12-17(25-4)18(13-16)26-5)22-19(21(23,2)3)15-9-7-6-8-10-15/h6-13,20H,1-5H3. The molecule has 0 N–H and O–H groups in total. The van der Waals surface area contributed by atoms with Crippen molar-refractivity contribution >= 4 is 11.7 Å². The summed E-state index contributed by atoms with van der Waals surface area (Å²) in [4.78, 5) is 22.3. The van der Waals surface area contributed by atoms with Crippen LogP contribution in [0.15, 0.2) is 53.5 Å². The van der Waals surface area contributed by atoms with Gasteiger partial charge in [-0.1, -0.05) is 41.5 Å². The number of aliphatic imine (C=N–C) groups is 1. The Morgan fingerprint density at radius 1 is 1.04 bits per heavy atom. The Hall–Kier alpha value is -2.86. The van der Waals surface area contributed by atoms with Gasteiger partial charge < -0.3 is 14.3 Å². The molecular formula is C21H24N2O4. The Balaban J connectivity index is 2.10. The second-order valence-electron chi connectivity index (χ2n) is 6.80. The predicted molar refractivity (Wildman–Crippen MR) is 103 cm³/mol. The molecule has 0 bridgehead atoms. The number of ether oxygens (including phenoxy) is 2. The number of rotatable bonds is 5. The van der Waals surface area contributed by atoms with E-state index in [2.05, 4.69) is 0 Å². The van der Waals surface area contributed by atoms with Gasteiger partial charge in [-0.15, -0.1) is 0 Å². The quantitative estimate of drug-likeness (QED) is 0.804. The first-order chi connectivity index (χ1) is 12.9. The van der Waals surface area contributed by atoms with Crippen molar-refractivity contribution in [1.82, 2.24) is 5.06 Å².